The predicted octanol–water partition coefficient (Wildman–Crippen LogP) is 6.53. The van der Waals surface area contributed by atoms with Gasteiger partial charge in [0.1, 0.15) is 18.0 Å². The SMILES string of the molecule is CC(C)(C)OC(=O)Nc1cccc(CC(=O)CCc2ccc(NC(=O)OCc3ccccc3)cc2)c1. The summed E-state index contributed by atoms with van der Waals surface area (Å²) in [6.45, 7) is 5.60. The van der Waals surface area contributed by atoms with E-state index in [0.29, 0.717) is 24.2 Å². The zero-order valence-electron chi connectivity index (χ0n) is 20.9. The van der Waals surface area contributed by atoms with Gasteiger partial charge in [-0.15, -0.1) is 0 Å². The lowest BCUT2D eigenvalue weighted by Crippen LogP contribution is -2.27. The van der Waals surface area contributed by atoms with E-state index in [-0.39, 0.29) is 18.8 Å². The van der Waals surface area contributed by atoms with Crippen molar-refractivity contribution in [3.8, 4) is 0 Å². The zero-order valence-corrected chi connectivity index (χ0v) is 20.9. The highest BCUT2D eigenvalue weighted by Gasteiger charge is 2.16. The first-order chi connectivity index (χ1) is 17.2. The predicted molar refractivity (Wildman–Crippen MR) is 140 cm³/mol. The van der Waals surface area contributed by atoms with Gasteiger partial charge in [-0.1, -0.05) is 54.6 Å². The van der Waals surface area contributed by atoms with Crippen molar-refractivity contribution in [1.29, 1.82) is 0 Å². The van der Waals surface area contributed by atoms with E-state index in [1.54, 1.807) is 51.1 Å². The summed E-state index contributed by atoms with van der Waals surface area (Å²) in [6.07, 6.45) is 0.193. The van der Waals surface area contributed by atoms with E-state index in [2.05, 4.69) is 10.6 Å². The second kappa shape index (κ2) is 12.5. The molecule has 0 fully saturated rings. The summed E-state index contributed by atoms with van der Waals surface area (Å²) in [7, 11) is 0. The summed E-state index contributed by atoms with van der Waals surface area (Å²) < 4.78 is 10.5. The van der Waals surface area contributed by atoms with Crippen LogP contribution < -0.4 is 10.6 Å². The van der Waals surface area contributed by atoms with Gasteiger partial charge < -0.3 is 9.47 Å². The van der Waals surface area contributed by atoms with Crippen LogP contribution in [-0.2, 0) is 33.7 Å². The minimum absolute atomic E-state index is 0.0936. The van der Waals surface area contributed by atoms with Crippen LogP contribution in [0.1, 0.15) is 43.9 Å². The number of Topliss-reactive ketones (excluding diaryl/α,β-unsaturated/α-hetero) is 1. The van der Waals surface area contributed by atoms with Gasteiger partial charge in [0, 0.05) is 24.2 Å². The molecule has 3 aromatic rings. The second-order valence-corrected chi connectivity index (χ2v) is 9.43. The quantitative estimate of drug-likeness (QED) is 0.357. The van der Waals surface area contributed by atoms with Crippen molar-refractivity contribution < 1.29 is 23.9 Å². The van der Waals surface area contributed by atoms with Gasteiger partial charge >= 0.3 is 12.2 Å². The average Bonchev–Trinajstić information content (AvgIpc) is 2.82. The van der Waals surface area contributed by atoms with Gasteiger partial charge in [-0.05, 0) is 68.1 Å². The molecule has 7 heteroatoms. The first-order valence-electron chi connectivity index (χ1n) is 11.8. The first-order valence-corrected chi connectivity index (χ1v) is 11.8. The molecule has 2 amide bonds. The molecular weight excluding hydrogens is 456 g/mol. The zero-order chi connectivity index (χ0) is 26.0. The topological polar surface area (TPSA) is 93.7 Å². The molecule has 0 unspecified atom stereocenters. The van der Waals surface area contributed by atoms with E-state index in [1.165, 1.54) is 0 Å². The summed E-state index contributed by atoms with van der Waals surface area (Å²) in [5.74, 6) is 0.0936. The van der Waals surface area contributed by atoms with Gasteiger partial charge in [0.25, 0.3) is 0 Å². The van der Waals surface area contributed by atoms with Crippen molar-refractivity contribution in [3.05, 3.63) is 95.6 Å². The van der Waals surface area contributed by atoms with Gasteiger partial charge in [-0.25, -0.2) is 9.59 Å². The molecule has 188 valence electrons. The van der Waals surface area contributed by atoms with Crippen LogP contribution in [0.5, 0.6) is 0 Å². The normalized spacial score (nSPS) is 10.9. The van der Waals surface area contributed by atoms with E-state index in [0.717, 1.165) is 16.7 Å². The average molecular weight is 489 g/mol. The lowest BCUT2D eigenvalue weighted by atomic mass is 10.0. The number of carbonyl (C=O) groups excluding carboxylic acids is 3. The van der Waals surface area contributed by atoms with E-state index < -0.39 is 17.8 Å². The van der Waals surface area contributed by atoms with Crippen molar-refractivity contribution in [2.24, 2.45) is 0 Å². The Balaban J connectivity index is 1.42. The van der Waals surface area contributed by atoms with Crippen LogP contribution in [0.25, 0.3) is 0 Å². The third-order valence-electron chi connectivity index (χ3n) is 5.08. The fourth-order valence-corrected chi connectivity index (χ4v) is 3.41. The highest BCUT2D eigenvalue weighted by Crippen LogP contribution is 2.16. The molecule has 3 rings (SSSR count). The summed E-state index contributed by atoms with van der Waals surface area (Å²) >= 11 is 0. The molecule has 0 aliphatic rings. The van der Waals surface area contributed by atoms with E-state index in [1.807, 2.05) is 48.5 Å². The lowest BCUT2D eigenvalue weighted by molar-refractivity contribution is -0.118. The number of aryl methyl sites for hydroxylation is 1. The smallest absolute Gasteiger partial charge is 0.412 e. The van der Waals surface area contributed by atoms with Gasteiger partial charge in [-0.2, -0.15) is 0 Å². The number of carbonyl (C=O) groups is 3. The fourth-order valence-electron chi connectivity index (χ4n) is 3.41. The molecule has 3 aromatic carbocycles. The molecule has 36 heavy (non-hydrogen) atoms. The van der Waals surface area contributed by atoms with Crippen LogP contribution >= 0.6 is 0 Å². The molecule has 7 nitrogen and oxygen atoms in total. The van der Waals surface area contributed by atoms with Gasteiger partial charge in [0.05, 0.1) is 0 Å². The first kappa shape index (κ1) is 26.5. The lowest BCUT2D eigenvalue weighted by Gasteiger charge is -2.19. The van der Waals surface area contributed by atoms with Crippen molar-refractivity contribution in [2.75, 3.05) is 10.6 Å². The molecule has 2 N–H and O–H groups in total. The maximum atomic E-state index is 12.5. The Morgan fingerprint density at radius 2 is 1.39 bits per heavy atom. The maximum absolute atomic E-state index is 12.5. The number of hydrogen-bond donors (Lipinski definition) is 2. The highest BCUT2D eigenvalue weighted by molar-refractivity contribution is 5.86. The summed E-state index contributed by atoms with van der Waals surface area (Å²) in [6, 6.07) is 24.0. The molecular formula is C29H32N2O5. The van der Waals surface area contributed by atoms with Gasteiger partial charge in [0.2, 0.25) is 0 Å². The van der Waals surface area contributed by atoms with Crippen LogP contribution in [0.3, 0.4) is 0 Å². The van der Waals surface area contributed by atoms with E-state index in [9.17, 15) is 14.4 Å². The number of hydrogen-bond acceptors (Lipinski definition) is 5. The number of rotatable bonds is 9. The minimum atomic E-state index is -0.586. The van der Waals surface area contributed by atoms with Crippen molar-refractivity contribution in [3.63, 3.8) is 0 Å². The fraction of sp³-hybridized carbons (Fsp3) is 0.276. The van der Waals surface area contributed by atoms with Crippen molar-refractivity contribution in [2.45, 2.75) is 52.2 Å². The van der Waals surface area contributed by atoms with Crippen LogP contribution in [0.4, 0.5) is 21.0 Å². The molecule has 0 aliphatic carbocycles. The number of benzene rings is 3. The molecule has 0 bridgehead atoms. The molecule has 0 saturated carbocycles. The Morgan fingerprint density at radius 1 is 0.722 bits per heavy atom. The number of anilines is 2. The van der Waals surface area contributed by atoms with Crippen LogP contribution in [0.15, 0.2) is 78.9 Å². The Labute approximate surface area is 211 Å². The van der Waals surface area contributed by atoms with Crippen LogP contribution in [-0.4, -0.2) is 23.6 Å². The number of nitrogens with one attached hydrogen (secondary N) is 2. The van der Waals surface area contributed by atoms with E-state index in [4.69, 9.17) is 9.47 Å². The van der Waals surface area contributed by atoms with Crippen LogP contribution in [0.2, 0.25) is 0 Å². The van der Waals surface area contributed by atoms with Gasteiger partial charge in [0.15, 0.2) is 0 Å². The highest BCUT2D eigenvalue weighted by atomic mass is 16.6. The number of ether oxygens (including phenoxy) is 2. The Bertz CT molecular complexity index is 1170. The molecule has 0 saturated heterocycles. The monoisotopic (exact) mass is 488 g/mol. The minimum Gasteiger partial charge on any atom is -0.444 e. The number of amides is 2. The summed E-state index contributed by atoms with van der Waals surface area (Å²) in [5, 5.41) is 5.39. The van der Waals surface area contributed by atoms with Crippen molar-refractivity contribution >= 4 is 29.3 Å². The van der Waals surface area contributed by atoms with E-state index >= 15 is 0 Å². The Kier molecular flexibility index (Phi) is 9.22. The third-order valence-corrected chi connectivity index (χ3v) is 5.08. The molecule has 0 spiro atoms. The Morgan fingerprint density at radius 3 is 2.08 bits per heavy atom. The van der Waals surface area contributed by atoms with Gasteiger partial charge in [-0.3, -0.25) is 15.4 Å². The molecule has 0 atom stereocenters. The standard InChI is InChI=1S/C29H32N2O5/c1-29(2,3)36-28(34)31-25-11-7-10-23(18-25)19-26(32)17-14-21-12-15-24(16-13-21)30-27(33)35-20-22-8-5-4-6-9-22/h4-13,15-16,18H,14,17,19-20H2,1-3H3,(H,30,33)(H,31,34). The largest absolute Gasteiger partial charge is 0.444 e. The molecule has 0 aromatic heterocycles. The maximum Gasteiger partial charge on any atom is 0.412 e. The molecule has 0 radical (unpaired) electrons. The van der Waals surface area contributed by atoms with Crippen molar-refractivity contribution in [1.82, 2.24) is 0 Å². The third kappa shape index (κ3) is 9.62. The Hall–Kier alpha value is -4.13. The number of ketones is 1. The molecule has 0 aliphatic heterocycles. The van der Waals surface area contributed by atoms with Crippen LogP contribution in [0, 0.1) is 0 Å². The molecule has 0 heterocycles. The second-order valence-electron chi connectivity index (χ2n) is 9.43. The summed E-state index contributed by atoms with van der Waals surface area (Å²) in [5.41, 5.74) is 3.35. The summed E-state index contributed by atoms with van der Waals surface area (Å²) in [4.78, 5) is 36.5.